The normalized spacial score (nSPS) is 12.6. The summed E-state index contributed by atoms with van der Waals surface area (Å²) in [6.45, 7) is 2.61. The Morgan fingerprint density at radius 3 is 2.79 bits per heavy atom. The van der Waals surface area contributed by atoms with Gasteiger partial charge in [-0.15, -0.1) is 0 Å². The van der Waals surface area contributed by atoms with Gasteiger partial charge in [0.25, 0.3) is 0 Å². The first kappa shape index (κ1) is 16.5. The minimum atomic E-state index is -0.0510. The van der Waals surface area contributed by atoms with E-state index in [9.17, 15) is 9.90 Å². The van der Waals surface area contributed by atoms with E-state index in [2.05, 4.69) is 5.32 Å². The second kappa shape index (κ2) is 7.03. The second-order valence-electron chi connectivity index (χ2n) is 5.76. The summed E-state index contributed by atoms with van der Waals surface area (Å²) in [5.41, 5.74) is 1.92. The van der Waals surface area contributed by atoms with E-state index in [0.717, 1.165) is 12.0 Å². The highest BCUT2D eigenvalue weighted by atomic mass is 16.5. The number of benzene rings is 2. The Kier molecular flexibility index (Phi) is 4.83. The first-order valence-electron chi connectivity index (χ1n) is 8.04. The zero-order valence-electron chi connectivity index (χ0n) is 13.8. The molecular formula is C19H21NO4. The summed E-state index contributed by atoms with van der Waals surface area (Å²) >= 11 is 0. The monoisotopic (exact) mass is 327 g/mol. The van der Waals surface area contributed by atoms with Crippen LogP contribution in [-0.4, -0.2) is 24.9 Å². The predicted octanol–water partition coefficient (Wildman–Crippen LogP) is 2.82. The van der Waals surface area contributed by atoms with Crippen molar-refractivity contribution in [2.45, 2.75) is 25.9 Å². The third-order valence-corrected chi connectivity index (χ3v) is 4.28. The number of ether oxygens (including phenoxy) is 1. The van der Waals surface area contributed by atoms with Crippen LogP contribution in [0, 0.1) is 0 Å². The number of hydrogen-bond donors (Lipinski definition) is 2. The molecular weight excluding hydrogens is 306 g/mol. The van der Waals surface area contributed by atoms with Gasteiger partial charge >= 0.3 is 0 Å². The fourth-order valence-electron chi connectivity index (χ4n) is 2.77. The van der Waals surface area contributed by atoms with E-state index in [1.54, 1.807) is 31.4 Å². The zero-order chi connectivity index (χ0) is 17.1. The van der Waals surface area contributed by atoms with Gasteiger partial charge in [0.1, 0.15) is 16.9 Å². The number of rotatable bonds is 6. The van der Waals surface area contributed by atoms with Crippen molar-refractivity contribution < 1.29 is 14.3 Å². The van der Waals surface area contributed by atoms with Crippen molar-refractivity contribution in [1.29, 1.82) is 0 Å². The Morgan fingerprint density at radius 2 is 2.08 bits per heavy atom. The number of para-hydroxylation sites is 1. The Hall–Kier alpha value is -2.37. The van der Waals surface area contributed by atoms with Crippen LogP contribution in [0.25, 0.3) is 21.9 Å². The molecule has 1 aromatic heterocycles. The lowest BCUT2D eigenvalue weighted by Crippen LogP contribution is -2.31. The van der Waals surface area contributed by atoms with Crippen molar-refractivity contribution in [3.63, 3.8) is 0 Å². The Labute approximate surface area is 139 Å². The topological polar surface area (TPSA) is 71.7 Å². The van der Waals surface area contributed by atoms with E-state index < -0.39 is 0 Å². The molecule has 5 heteroatoms. The summed E-state index contributed by atoms with van der Waals surface area (Å²) < 4.78 is 11.2. The largest absolute Gasteiger partial charge is 0.497 e. The van der Waals surface area contributed by atoms with Gasteiger partial charge in [-0.25, -0.2) is 0 Å². The van der Waals surface area contributed by atoms with Gasteiger partial charge in [0.2, 0.25) is 5.43 Å². The van der Waals surface area contributed by atoms with Crippen LogP contribution in [0.1, 0.15) is 18.9 Å². The number of aliphatic hydroxyl groups is 1. The summed E-state index contributed by atoms with van der Waals surface area (Å²) in [6, 6.07) is 10.8. The molecule has 3 aromatic rings. The molecule has 0 amide bonds. The lowest BCUT2D eigenvalue weighted by Gasteiger charge is -2.14. The number of aliphatic hydroxyl groups excluding tert-OH is 1. The summed E-state index contributed by atoms with van der Waals surface area (Å²) in [6.07, 6.45) is 0.825. The smallest absolute Gasteiger partial charge is 0.200 e. The average molecular weight is 327 g/mol. The second-order valence-corrected chi connectivity index (χ2v) is 5.76. The van der Waals surface area contributed by atoms with Crippen LogP contribution in [0.5, 0.6) is 5.75 Å². The van der Waals surface area contributed by atoms with Crippen molar-refractivity contribution in [1.82, 2.24) is 5.32 Å². The van der Waals surface area contributed by atoms with E-state index in [4.69, 9.17) is 9.15 Å². The highest BCUT2D eigenvalue weighted by Crippen LogP contribution is 2.25. The summed E-state index contributed by atoms with van der Waals surface area (Å²) in [5.74, 6) is 0.645. The molecule has 1 heterocycles. The molecule has 2 N–H and O–H groups in total. The van der Waals surface area contributed by atoms with E-state index in [1.807, 2.05) is 19.1 Å². The van der Waals surface area contributed by atoms with Gasteiger partial charge < -0.3 is 19.6 Å². The van der Waals surface area contributed by atoms with Crippen LogP contribution in [-0.2, 0) is 6.54 Å². The Balaban J connectivity index is 2.12. The van der Waals surface area contributed by atoms with Crippen LogP contribution in [0.2, 0.25) is 0 Å². The highest BCUT2D eigenvalue weighted by molar-refractivity contribution is 5.91. The number of methoxy groups -OCH3 is 1. The third kappa shape index (κ3) is 3.00. The van der Waals surface area contributed by atoms with Gasteiger partial charge in [-0.2, -0.15) is 0 Å². The maximum atomic E-state index is 12.7. The van der Waals surface area contributed by atoms with Gasteiger partial charge in [0.05, 0.1) is 24.5 Å². The molecule has 2 aromatic carbocycles. The van der Waals surface area contributed by atoms with Gasteiger partial charge in [-0.3, -0.25) is 4.79 Å². The average Bonchev–Trinajstić information content (AvgIpc) is 2.62. The van der Waals surface area contributed by atoms with Crippen LogP contribution >= 0.6 is 0 Å². The predicted molar refractivity (Wildman–Crippen MR) is 94.5 cm³/mol. The third-order valence-electron chi connectivity index (χ3n) is 4.28. The lowest BCUT2D eigenvalue weighted by molar-refractivity contribution is 0.238. The molecule has 0 radical (unpaired) electrons. The van der Waals surface area contributed by atoms with Crippen molar-refractivity contribution in [3.05, 3.63) is 52.2 Å². The molecule has 0 aliphatic rings. The minimum absolute atomic E-state index is 0.0209. The van der Waals surface area contributed by atoms with Gasteiger partial charge in [-0.1, -0.05) is 19.1 Å². The maximum absolute atomic E-state index is 12.7. The molecule has 126 valence electrons. The maximum Gasteiger partial charge on any atom is 0.200 e. The molecule has 0 bridgehead atoms. The fraction of sp³-hybridized carbons (Fsp3) is 0.316. The molecule has 5 nitrogen and oxygen atoms in total. The van der Waals surface area contributed by atoms with E-state index in [0.29, 0.717) is 34.2 Å². The van der Waals surface area contributed by atoms with Crippen molar-refractivity contribution in [2.75, 3.05) is 13.7 Å². The standard InChI is InChI=1S/C19H21NO4/c1-3-13(11-21)20-10-12-5-4-6-16-18(22)15-8-7-14(23-2)9-17(15)24-19(12)16/h4-9,13,20-21H,3,10-11H2,1-2H3/t13-/m0/s1. The Bertz CT molecular complexity index is 912. The highest BCUT2D eigenvalue weighted by Gasteiger charge is 2.12. The van der Waals surface area contributed by atoms with Gasteiger partial charge in [0, 0.05) is 24.2 Å². The molecule has 1 atom stereocenters. The summed E-state index contributed by atoms with van der Waals surface area (Å²) in [4.78, 5) is 12.7. The molecule has 0 saturated carbocycles. The quantitative estimate of drug-likeness (QED) is 0.681. The minimum Gasteiger partial charge on any atom is -0.497 e. The SMILES string of the molecule is CC[C@@H](CO)NCc1cccc2c(=O)c3ccc(OC)cc3oc12. The number of fused-ring (bicyclic) bond motifs is 2. The molecule has 0 saturated heterocycles. The number of nitrogens with one attached hydrogen (secondary N) is 1. The molecule has 3 rings (SSSR count). The molecule has 0 unspecified atom stereocenters. The van der Waals surface area contributed by atoms with Crippen LogP contribution < -0.4 is 15.5 Å². The molecule has 0 spiro atoms. The van der Waals surface area contributed by atoms with E-state index >= 15 is 0 Å². The number of hydrogen-bond acceptors (Lipinski definition) is 5. The first-order valence-corrected chi connectivity index (χ1v) is 8.04. The zero-order valence-corrected chi connectivity index (χ0v) is 13.8. The van der Waals surface area contributed by atoms with E-state index in [1.165, 1.54) is 0 Å². The van der Waals surface area contributed by atoms with Gasteiger partial charge in [0.15, 0.2) is 0 Å². The van der Waals surface area contributed by atoms with Crippen LogP contribution in [0.4, 0.5) is 0 Å². The van der Waals surface area contributed by atoms with Crippen molar-refractivity contribution >= 4 is 21.9 Å². The summed E-state index contributed by atoms with van der Waals surface area (Å²) in [5, 5.41) is 13.7. The molecule has 0 fully saturated rings. The molecule has 0 aliphatic heterocycles. The fourth-order valence-corrected chi connectivity index (χ4v) is 2.77. The van der Waals surface area contributed by atoms with Crippen LogP contribution in [0.15, 0.2) is 45.6 Å². The molecule has 24 heavy (non-hydrogen) atoms. The molecule has 0 aliphatic carbocycles. The van der Waals surface area contributed by atoms with Crippen LogP contribution in [0.3, 0.4) is 0 Å². The van der Waals surface area contributed by atoms with Crippen molar-refractivity contribution in [3.8, 4) is 5.75 Å². The van der Waals surface area contributed by atoms with Gasteiger partial charge in [-0.05, 0) is 24.6 Å². The van der Waals surface area contributed by atoms with E-state index in [-0.39, 0.29) is 18.1 Å². The summed E-state index contributed by atoms with van der Waals surface area (Å²) in [7, 11) is 1.58. The first-order chi connectivity index (χ1) is 11.7. The lowest BCUT2D eigenvalue weighted by atomic mass is 10.1. The Morgan fingerprint density at radius 1 is 1.25 bits per heavy atom. The van der Waals surface area contributed by atoms with Crippen molar-refractivity contribution in [2.24, 2.45) is 0 Å².